The zero-order valence-corrected chi connectivity index (χ0v) is 13.0. The molecule has 2 aromatic heterocycles. The molecule has 0 bridgehead atoms. The number of rotatable bonds is 3. The predicted molar refractivity (Wildman–Crippen MR) is 83.9 cm³/mol. The first-order chi connectivity index (χ1) is 9.97. The van der Waals surface area contributed by atoms with Gasteiger partial charge in [0.25, 0.3) is 5.91 Å². The van der Waals surface area contributed by atoms with E-state index in [9.17, 15) is 9.59 Å². The van der Waals surface area contributed by atoms with Crippen molar-refractivity contribution < 1.29 is 4.79 Å². The first-order valence-electron chi connectivity index (χ1n) is 7.47. The van der Waals surface area contributed by atoms with Crippen LogP contribution in [0.15, 0.2) is 22.5 Å². The number of aromatic nitrogens is 2. The van der Waals surface area contributed by atoms with Crippen LogP contribution in [-0.2, 0) is 0 Å². The number of hydrogen-bond acceptors (Lipinski definition) is 2. The Morgan fingerprint density at radius 3 is 2.48 bits per heavy atom. The zero-order chi connectivity index (χ0) is 15.3. The van der Waals surface area contributed by atoms with Gasteiger partial charge in [-0.1, -0.05) is 13.3 Å². The van der Waals surface area contributed by atoms with Gasteiger partial charge in [-0.2, -0.15) is 0 Å². The summed E-state index contributed by atoms with van der Waals surface area (Å²) in [5.74, 6) is -0.172. The fourth-order valence-electron chi connectivity index (χ4n) is 3.22. The largest absolute Gasteiger partial charge is 0.340 e. The summed E-state index contributed by atoms with van der Waals surface area (Å²) in [6.07, 6.45) is 2.95. The minimum atomic E-state index is -0.246. The highest BCUT2D eigenvalue weighted by atomic mass is 16.2. The van der Waals surface area contributed by atoms with E-state index >= 15 is 0 Å². The van der Waals surface area contributed by atoms with Gasteiger partial charge in [0.15, 0.2) is 0 Å². The number of fused-ring (bicyclic) bond motifs is 2. The quantitative estimate of drug-likeness (QED) is 0.867. The number of allylic oxidation sites excluding steroid dienone is 2. The molecular weight excluding hydrogens is 264 g/mol. The topological polar surface area (TPSA) is 43.5 Å². The molecule has 1 aliphatic rings. The number of carbonyl (C=O) groups is 1. The van der Waals surface area contributed by atoms with Crippen LogP contribution in [0.4, 0.5) is 0 Å². The molecule has 3 heterocycles. The molecule has 0 aliphatic carbocycles. The Morgan fingerprint density at radius 1 is 1.10 bits per heavy atom. The van der Waals surface area contributed by atoms with Crippen LogP contribution >= 0.6 is 0 Å². The first kappa shape index (κ1) is 13.9. The maximum atomic E-state index is 12.7. The Balaban J connectivity index is 2.33. The summed E-state index contributed by atoms with van der Waals surface area (Å²) < 4.78 is 2.96. The van der Waals surface area contributed by atoms with Gasteiger partial charge in [0.2, 0.25) is 0 Å². The molecule has 0 atom stereocenters. The molecule has 4 heteroatoms. The van der Waals surface area contributed by atoms with E-state index in [-0.39, 0.29) is 11.6 Å². The van der Waals surface area contributed by atoms with Crippen LogP contribution in [0.5, 0.6) is 0 Å². The molecule has 1 aliphatic heterocycles. The Morgan fingerprint density at radius 2 is 1.81 bits per heavy atom. The van der Waals surface area contributed by atoms with Gasteiger partial charge in [-0.15, -0.1) is 0 Å². The van der Waals surface area contributed by atoms with Crippen molar-refractivity contribution >= 4 is 17.0 Å². The second-order valence-electron chi connectivity index (χ2n) is 5.85. The molecule has 4 nitrogen and oxygen atoms in total. The Bertz CT molecular complexity index is 850. The Kier molecular flexibility index (Phi) is 3.12. The van der Waals surface area contributed by atoms with E-state index in [2.05, 4.69) is 6.92 Å². The molecule has 0 radical (unpaired) electrons. The van der Waals surface area contributed by atoms with E-state index in [1.807, 2.05) is 32.9 Å². The average molecular weight is 284 g/mol. The van der Waals surface area contributed by atoms with Crippen molar-refractivity contribution in [1.82, 2.24) is 8.97 Å². The number of carbonyl (C=O) groups excluding carboxylic acids is 1. The third-order valence-corrected chi connectivity index (χ3v) is 4.39. The molecule has 0 saturated heterocycles. The van der Waals surface area contributed by atoms with Crippen molar-refractivity contribution in [3.8, 4) is 0 Å². The van der Waals surface area contributed by atoms with E-state index in [0.29, 0.717) is 5.57 Å². The van der Waals surface area contributed by atoms with Gasteiger partial charge >= 0.3 is 5.69 Å². The molecule has 0 amide bonds. The number of hydrogen-bond donors (Lipinski definition) is 0. The van der Waals surface area contributed by atoms with Gasteiger partial charge in [0.1, 0.15) is 0 Å². The highest BCUT2D eigenvalue weighted by molar-refractivity contribution is 6.08. The number of unbranched alkanes of at least 4 members (excludes halogenated alkanes) is 1. The minimum absolute atomic E-state index is 0.172. The zero-order valence-electron chi connectivity index (χ0n) is 13.0. The lowest BCUT2D eigenvalue weighted by Gasteiger charge is -2.08. The fraction of sp³-hybridized carbons (Fsp3) is 0.412. The second kappa shape index (κ2) is 4.72. The summed E-state index contributed by atoms with van der Waals surface area (Å²) in [7, 11) is 0. The molecule has 2 aromatic rings. The molecule has 0 N–H and O–H groups in total. The lowest BCUT2D eigenvalue weighted by atomic mass is 10.0. The van der Waals surface area contributed by atoms with Gasteiger partial charge < -0.3 is 0 Å². The fourth-order valence-corrected chi connectivity index (χ4v) is 3.22. The monoisotopic (exact) mass is 284 g/mol. The third kappa shape index (κ3) is 1.82. The molecule has 110 valence electrons. The Hall–Kier alpha value is -2.10. The van der Waals surface area contributed by atoms with Gasteiger partial charge in [-0.05, 0) is 56.9 Å². The van der Waals surface area contributed by atoms with E-state index in [0.717, 1.165) is 47.3 Å². The van der Waals surface area contributed by atoms with E-state index < -0.39 is 0 Å². The summed E-state index contributed by atoms with van der Waals surface area (Å²) in [6.45, 7) is 7.85. The minimum Gasteiger partial charge on any atom is -0.269 e. The van der Waals surface area contributed by atoms with Crippen LogP contribution in [0.2, 0.25) is 0 Å². The molecular formula is C17H20N2O2. The third-order valence-electron chi connectivity index (χ3n) is 4.39. The summed E-state index contributed by atoms with van der Waals surface area (Å²) >= 11 is 0. The smallest absolute Gasteiger partial charge is 0.269 e. The number of nitrogens with zero attached hydrogens (tertiary/aromatic N) is 2. The molecule has 0 unspecified atom stereocenters. The average Bonchev–Trinajstić information content (AvgIpc) is 2.85. The number of aryl methyl sites for hydroxylation is 2. The normalized spacial score (nSPS) is 14.4. The molecule has 3 rings (SSSR count). The SMILES string of the molecule is CCCCC1=C(C)C(=O)n2c1cc1c(C)cc(C)n1c2=O. The van der Waals surface area contributed by atoms with Crippen LogP contribution in [0.25, 0.3) is 11.1 Å². The van der Waals surface area contributed by atoms with Crippen LogP contribution < -0.4 is 5.69 Å². The van der Waals surface area contributed by atoms with Crippen LogP contribution in [-0.4, -0.2) is 14.9 Å². The van der Waals surface area contributed by atoms with Crippen LogP contribution in [0, 0.1) is 13.8 Å². The van der Waals surface area contributed by atoms with Crippen LogP contribution in [0.3, 0.4) is 0 Å². The molecule has 0 aromatic carbocycles. The molecule has 0 saturated carbocycles. The highest BCUT2D eigenvalue weighted by Crippen LogP contribution is 2.31. The van der Waals surface area contributed by atoms with Gasteiger partial charge in [0.05, 0.1) is 11.2 Å². The van der Waals surface area contributed by atoms with E-state index in [1.165, 1.54) is 4.57 Å². The lowest BCUT2D eigenvalue weighted by Crippen LogP contribution is -2.31. The van der Waals surface area contributed by atoms with E-state index in [1.54, 1.807) is 4.40 Å². The van der Waals surface area contributed by atoms with Gasteiger partial charge in [0, 0.05) is 11.3 Å². The summed E-state index contributed by atoms with van der Waals surface area (Å²) in [4.78, 5) is 25.2. The van der Waals surface area contributed by atoms with Crippen molar-refractivity contribution in [3.05, 3.63) is 45.1 Å². The van der Waals surface area contributed by atoms with E-state index in [4.69, 9.17) is 0 Å². The first-order valence-corrected chi connectivity index (χ1v) is 7.47. The Labute approximate surface area is 123 Å². The predicted octanol–water partition coefficient (Wildman–Crippen LogP) is 3.34. The molecule has 21 heavy (non-hydrogen) atoms. The van der Waals surface area contributed by atoms with Crippen molar-refractivity contribution in [3.63, 3.8) is 0 Å². The standard InChI is InChI=1S/C17H20N2O2/c1-5-6-7-13-12(4)16(20)19-15(13)9-14-10(2)8-11(3)18(14)17(19)21/h8-9H,5-7H2,1-4H3. The van der Waals surface area contributed by atoms with Crippen molar-refractivity contribution in [2.24, 2.45) is 0 Å². The van der Waals surface area contributed by atoms with Crippen molar-refractivity contribution in [2.45, 2.75) is 47.0 Å². The second-order valence-corrected chi connectivity index (χ2v) is 5.85. The maximum absolute atomic E-state index is 12.7. The van der Waals surface area contributed by atoms with Gasteiger partial charge in [-0.3, -0.25) is 9.20 Å². The maximum Gasteiger partial charge on any atom is 0.340 e. The molecule has 0 spiro atoms. The van der Waals surface area contributed by atoms with Crippen molar-refractivity contribution in [1.29, 1.82) is 0 Å². The van der Waals surface area contributed by atoms with Crippen LogP contribution in [0.1, 0.15) is 54.9 Å². The van der Waals surface area contributed by atoms with Gasteiger partial charge in [-0.25, -0.2) is 9.36 Å². The summed E-state index contributed by atoms with van der Waals surface area (Å²) in [5.41, 5.74) is 5.12. The summed E-state index contributed by atoms with van der Waals surface area (Å²) in [6, 6.07) is 3.97. The highest BCUT2D eigenvalue weighted by Gasteiger charge is 2.29. The lowest BCUT2D eigenvalue weighted by molar-refractivity contribution is 0.0955. The summed E-state index contributed by atoms with van der Waals surface area (Å²) in [5, 5.41) is 0. The van der Waals surface area contributed by atoms with Crippen molar-refractivity contribution in [2.75, 3.05) is 0 Å². The molecule has 0 fully saturated rings.